The number of hydrogen-bond acceptors (Lipinski definition) is 6. The minimum atomic E-state index is -3.78. The van der Waals surface area contributed by atoms with Gasteiger partial charge >= 0.3 is 0 Å². The Morgan fingerprint density at radius 1 is 1.10 bits per heavy atom. The van der Waals surface area contributed by atoms with Crippen LogP contribution in [0.25, 0.3) is 0 Å². The lowest BCUT2D eigenvalue weighted by atomic mass is 10.2. The molecule has 1 aliphatic rings. The van der Waals surface area contributed by atoms with E-state index in [1.54, 1.807) is 38.1 Å². The highest BCUT2D eigenvalue weighted by Crippen LogP contribution is 2.30. The van der Waals surface area contributed by atoms with Gasteiger partial charge in [0, 0.05) is 13.1 Å². The zero-order valence-corrected chi connectivity index (χ0v) is 18.5. The van der Waals surface area contributed by atoms with Crippen molar-refractivity contribution in [1.82, 2.24) is 15.2 Å². The third-order valence-electron chi connectivity index (χ3n) is 4.63. The molecule has 9 nitrogen and oxygen atoms in total. The lowest BCUT2D eigenvalue weighted by Gasteiger charge is -2.25. The first-order chi connectivity index (χ1) is 14.8. The molecule has 0 saturated carbocycles. The van der Waals surface area contributed by atoms with E-state index in [4.69, 9.17) is 21.1 Å². The second kappa shape index (κ2) is 9.54. The summed E-state index contributed by atoms with van der Waals surface area (Å²) in [5, 5.41) is 0.0384. The Bertz CT molecular complexity index is 1090. The molecule has 1 heterocycles. The van der Waals surface area contributed by atoms with Crippen LogP contribution in [0.4, 0.5) is 0 Å². The summed E-state index contributed by atoms with van der Waals surface area (Å²) >= 11 is 6.08. The number of fused-ring (bicyclic) bond motifs is 1. The van der Waals surface area contributed by atoms with Crippen LogP contribution < -0.4 is 20.3 Å². The summed E-state index contributed by atoms with van der Waals surface area (Å²) in [7, 11) is -3.78. The highest BCUT2D eigenvalue weighted by atomic mass is 35.5. The molecule has 166 valence electrons. The summed E-state index contributed by atoms with van der Waals surface area (Å²) in [6.07, 6.45) is -0.972. The molecule has 0 unspecified atom stereocenters. The van der Waals surface area contributed by atoms with Crippen LogP contribution in [0.1, 0.15) is 24.2 Å². The van der Waals surface area contributed by atoms with Gasteiger partial charge in [0.1, 0.15) is 6.61 Å². The Hall–Kier alpha value is -2.82. The fourth-order valence-corrected chi connectivity index (χ4v) is 4.65. The summed E-state index contributed by atoms with van der Waals surface area (Å²) < 4.78 is 37.7. The minimum Gasteiger partial charge on any atom is -0.485 e. The van der Waals surface area contributed by atoms with E-state index in [2.05, 4.69) is 10.9 Å². The van der Waals surface area contributed by atoms with Crippen molar-refractivity contribution in [3.63, 3.8) is 0 Å². The fourth-order valence-electron chi connectivity index (χ4n) is 2.97. The SMILES string of the molecule is CCN(CC)S(=O)(=O)c1ccc(Cl)c(C(=O)NNC(=O)[C@H]2COc3ccccc3O2)c1. The van der Waals surface area contributed by atoms with Crippen LogP contribution >= 0.6 is 11.6 Å². The highest BCUT2D eigenvalue weighted by Gasteiger charge is 2.28. The zero-order valence-electron chi connectivity index (χ0n) is 16.9. The number of rotatable bonds is 6. The van der Waals surface area contributed by atoms with Crippen LogP contribution in [0.5, 0.6) is 11.5 Å². The van der Waals surface area contributed by atoms with Crippen molar-refractivity contribution >= 4 is 33.4 Å². The first kappa shape index (κ1) is 22.9. The van der Waals surface area contributed by atoms with E-state index in [1.807, 2.05) is 0 Å². The Morgan fingerprint density at radius 3 is 2.45 bits per heavy atom. The number of amides is 2. The molecule has 2 N–H and O–H groups in total. The Morgan fingerprint density at radius 2 is 1.77 bits per heavy atom. The van der Waals surface area contributed by atoms with Crippen molar-refractivity contribution in [3.8, 4) is 11.5 Å². The van der Waals surface area contributed by atoms with Crippen LogP contribution in [-0.4, -0.2) is 50.3 Å². The molecule has 1 atom stereocenters. The number of nitrogens with one attached hydrogen (secondary N) is 2. The number of hydrazine groups is 1. The van der Waals surface area contributed by atoms with E-state index in [0.29, 0.717) is 11.5 Å². The van der Waals surface area contributed by atoms with Gasteiger partial charge in [0.2, 0.25) is 16.1 Å². The standard InChI is InChI=1S/C20H22ClN3O6S/c1-3-24(4-2)31(27,28)13-9-10-15(21)14(11-13)19(25)22-23-20(26)18-12-29-16-7-5-6-8-17(16)30-18/h5-11,18H,3-4,12H2,1-2H3,(H,22,25)(H,23,26)/t18-/m1/s1. The van der Waals surface area contributed by atoms with Gasteiger partial charge in [-0.1, -0.05) is 37.6 Å². The molecule has 3 rings (SSSR count). The number of benzene rings is 2. The predicted octanol–water partition coefficient (Wildman–Crippen LogP) is 1.97. The largest absolute Gasteiger partial charge is 0.485 e. The molecule has 0 aliphatic carbocycles. The van der Waals surface area contributed by atoms with Crippen LogP contribution in [0.15, 0.2) is 47.4 Å². The van der Waals surface area contributed by atoms with E-state index in [1.165, 1.54) is 22.5 Å². The number of carbonyl (C=O) groups is 2. The van der Waals surface area contributed by atoms with E-state index in [9.17, 15) is 18.0 Å². The topological polar surface area (TPSA) is 114 Å². The molecule has 11 heteroatoms. The summed E-state index contributed by atoms with van der Waals surface area (Å²) in [5.74, 6) is -0.468. The number of ether oxygens (including phenoxy) is 2. The molecule has 0 bridgehead atoms. The molecular weight excluding hydrogens is 446 g/mol. The van der Waals surface area contributed by atoms with Gasteiger partial charge in [-0.05, 0) is 30.3 Å². The van der Waals surface area contributed by atoms with Crippen molar-refractivity contribution in [2.75, 3.05) is 19.7 Å². The lowest BCUT2D eigenvalue weighted by Crippen LogP contribution is -2.50. The van der Waals surface area contributed by atoms with Gasteiger partial charge in [0.15, 0.2) is 11.5 Å². The van der Waals surface area contributed by atoms with E-state index in [-0.39, 0.29) is 35.2 Å². The van der Waals surface area contributed by atoms with Crippen LogP contribution in [0.3, 0.4) is 0 Å². The molecule has 0 radical (unpaired) electrons. The van der Waals surface area contributed by atoms with Crippen LogP contribution in [0.2, 0.25) is 5.02 Å². The van der Waals surface area contributed by atoms with Crippen LogP contribution in [0, 0.1) is 0 Å². The molecule has 2 aromatic carbocycles. The molecular formula is C20H22ClN3O6S. The molecule has 0 aromatic heterocycles. The first-order valence-electron chi connectivity index (χ1n) is 9.56. The molecule has 0 saturated heterocycles. The van der Waals surface area contributed by atoms with Crippen molar-refractivity contribution in [2.24, 2.45) is 0 Å². The highest BCUT2D eigenvalue weighted by molar-refractivity contribution is 7.89. The molecule has 2 aromatic rings. The van der Waals surface area contributed by atoms with Crippen molar-refractivity contribution in [2.45, 2.75) is 24.8 Å². The molecule has 0 spiro atoms. The van der Waals surface area contributed by atoms with E-state index < -0.39 is 27.9 Å². The molecule has 2 amide bonds. The molecule has 31 heavy (non-hydrogen) atoms. The van der Waals surface area contributed by atoms with Gasteiger partial charge in [0.25, 0.3) is 11.8 Å². The smallest absolute Gasteiger partial charge is 0.283 e. The van der Waals surface area contributed by atoms with Gasteiger partial charge in [0.05, 0.1) is 15.5 Å². The third kappa shape index (κ3) is 4.92. The van der Waals surface area contributed by atoms with Gasteiger partial charge in [-0.15, -0.1) is 0 Å². The van der Waals surface area contributed by atoms with Crippen molar-refractivity contribution in [3.05, 3.63) is 53.1 Å². The number of sulfonamides is 1. The number of halogens is 1. The normalized spacial score (nSPS) is 15.4. The second-order valence-corrected chi connectivity index (χ2v) is 8.88. The maximum Gasteiger partial charge on any atom is 0.283 e. The van der Waals surface area contributed by atoms with Crippen molar-refractivity contribution in [1.29, 1.82) is 0 Å². The lowest BCUT2D eigenvalue weighted by molar-refractivity contribution is -0.131. The van der Waals surface area contributed by atoms with Gasteiger partial charge in [-0.25, -0.2) is 8.42 Å². The van der Waals surface area contributed by atoms with Gasteiger partial charge < -0.3 is 9.47 Å². The minimum absolute atomic E-state index is 0.0307. The predicted molar refractivity (Wildman–Crippen MR) is 114 cm³/mol. The van der Waals surface area contributed by atoms with Gasteiger partial charge in [-0.3, -0.25) is 20.4 Å². The van der Waals surface area contributed by atoms with E-state index >= 15 is 0 Å². The van der Waals surface area contributed by atoms with Gasteiger partial charge in [-0.2, -0.15) is 4.31 Å². The Labute approximate surface area is 185 Å². The second-order valence-electron chi connectivity index (χ2n) is 6.54. The fraction of sp³-hybridized carbons (Fsp3) is 0.300. The summed E-state index contributed by atoms with van der Waals surface area (Å²) in [4.78, 5) is 24.8. The summed E-state index contributed by atoms with van der Waals surface area (Å²) in [5.41, 5.74) is 4.38. The molecule has 0 fully saturated rings. The average Bonchev–Trinajstić information content (AvgIpc) is 2.77. The Balaban J connectivity index is 1.69. The average molecular weight is 468 g/mol. The number of hydrogen-bond donors (Lipinski definition) is 2. The Kier molecular flexibility index (Phi) is 7.04. The first-order valence-corrected chi connectivity index (χ1v) is 11.4. The maximum atomic E-state index is 12.7. The maximum absolute atomic E-state index is 12.7. The third-order valence-corrected chi connectivity index (χ3v) is 7.00. The number of para-hydroxylation sites is 2. The zero-order chi connectivity index (χ0) is 22.6. The van der Waals surface area contributed by atoms with Crippen LogP contribution in [-0.2, 0) is 14.8 Å². The van der Waals surface area contributed by atoms with Crippen molar-refractivity contribution < 1.29 is 27.5 Å². The monoisotopic (exact) mass is 467 g/mol. The summed E-state index contributed by atoms with van der Waals surface area (Å²) in [6.45, 7) is 3.97. The van der Waals surface area contributed by atoms with E-state index in [0.717, 1.165) is 0 Å². The number of carbonyl (C=O) groups excluding carboxylic acids is 2. The number of nitrogens with zero attached hydrogens (tertiary/aromatic N) is 1. The molecule has 1 aliphatic heterocycles. The summed E-state index contributed by atoms with van der Waals surface area (Å²) in [6, 6.07) is 10.7. The quantitative estimate of drug-likeness (QED) is 0.628.